The predicted octanol–water partition coefficient (Wildman–Crippen LogP) is 4.44. The monoisotopic (exact) mass is 600 g/mol. The highest BCUT2D eigenvalue weighted by atomic mass is 32.1. The van der Waals surface area contributed by atoms with Crippen molar-refractivity contribution in [3.8, 4) is 5.75 Å². The van der Waals surface area contributed by atoms with Gasteiger partial charge in [0.15, 0.2) is 0 Å². The highest BCUT2D eigenvalue weighted by molar-refractivity contribution is 7.13. The number of amides is 2. The number of benzene rings is 1. The van der Waals surface area contributed by atoms with Crippen LogP contribution in [0.2, 0.25) is 0 Å². The van der Waals surface area contributed by atoms with Gasteiger partial charge < -0.3 is 19.9 Å². The number of anilines is 1. The van der Waals surface area contributed by atoms with E-state index in [0.29, 0.717) is 37.9 Å². The molecule has 0 aliphatic rings. The van der Waals surface area contributed by atoms with Gasteiger partial charge in [0.25, 0.3) is 11.5 Å². The Morgan fingerprint density at radius 3 is 2.62 bits per heavy atom. The predicted molar refractivity (Wildman–Crippen MR) is 149 cm³/mol. The van der Waals surface area contributed by atoms with Crippen LogP contribution in [0.15, 0.2) is 65.7 Å². The van der Waals surface area contributed by atoms with Crippen LogP contribution < -0.4 is 20.9 Å². The van der Waals surface area contributed by atoms with Crippen molar-refractivity contribution in [1.82, 2.24) is 25.1 Å². The van der Waals surface area contributed by atoms with Crippen LogP contribution in [0.3, 0.4) is 0 Å². The molecule has 14 heteroatoms. The minimum atomic E-state index is -4.83. The van der Waals surface area contributed by atoms with Gasteiger partial charge in [-0.15, -0.1) is 23.4 Å². The maximum absolute atomic E-state index is 12.5. The van der Waals surface area contributed by atoms with E-state index < -0.39 is 18.0 Å². The van der Waals surface area contributed by atoms with E-state index in [1.807, 2.05) is 19.1 Å². The summed E-state index contributed by atoms with van der Waals surface area (Å²) in [6, 6.07) is 11.8. The normalized spacial score (nSPS) is 11.2. The molecule has 42 heavy (non-hydrogen) atoms. The molecular formula is C28H27F3N6O4S. The first-order valence-corrected chi connectivity index (χ1v) is 13.7. The number of aromatic nitrogens is 4. The first-order chi connectivity index (χ1) is 20.0. The highest BCUT2D eigenvalue weighted by Gasteiger charge is 2.31. The molecule has 0 spiro atoms. The lowest BCUT2D eigenvalue weighted by atomic mass is 10.1. The van der Waals surface area contributed by atoms with E-state index in [0.717, 1.165) is 28.4 Å². The van der Waals surface area contributed by atoms with Gasteiger partial charge in [-0.2, -0.15) is 0 Å². The molecular weight excluding hydrogens is 573 g/mol. The number of hydrogen-bond donors (Lipinski definition) is 2. The van der Waals surface area contributed by atoms with Crippen molar-refractivity contribution in [1.29, 1.82) is 0 Å². The van der Waals surface area contributed by atoms with Crippen LogP contribution in [0, 0.1) is 6.92 Å². The number of aryl methyl sites for hydroxylation is 3. The molecule has 3 aromatic heterocycles. The summed E-state index contributed by atoms with van der Waals surface area (Å²) in [5, 5.41) is 14.4. The zero-order valence-electron chi connectivity index (χ0n) is 22.5. The Bertz CT molecular complexity index is 1590. The minimum absolute atomic E-state index is 0.197. The summed E-state index contributed by atoms with van der Waals surface area (Å²) in [5.74, 6) is -1.21. The Balaban J connectivity index is 1.19. The largest absolute Gasteiger partial charge is 0.573 e. The van der Waals surface area contributed by atoms with Crippen molar-refractivity contribution in [3.63, 3.8) is 0 Å². The molecule has 0 aliphatic heterocycles. The van der Waals surface area contributed by atoms with Gasteiger partial charge in [0.1, 0.15) is 10.8 Å². The number of nitrogens with one attached hydrogen (secondary N) is 2. The van der Waals surface area contributed by atoms with Gasteiger partial charge in [-0.25, -0.2) is 0 Å². The smallest absolute Gasteiger partial charge is 0.406 e. The fourth-order valence-electron chi connectivity index (χ4n) is 3.88. The first-order valence-electron chi connectivity index (χ1n) is 12.9. The van der Waals surface area contributed by atoms with E-state index in [9.17, 15) is 27.6 Å². The Morgan fingerprint density at radius 2 is 1.88 bits per heavy atom. The SMILES string of the molecule is Cc1ccc(CNC(=O)c2nnc(CCCCn3ccc(NC(=O)Cc4cccc(OC(F)(F)F)c4)cc3=O)s2)cn1. The summed E-state index contributed by atoms with van der Waals surface area (Å²) in [5.41, 5.74) is 2.07. The average molecular weight is 601 g/mol. The number of ether oxygens (including phenoxy) is 1. The molecule has 0 aliphatic carbocycles. The maximum atomic E-state index is 12.5. The quantitative estimate of drug-likeness (QED) is 0.230. The first kappa shape index (κ1) is 30.4. The maximum Gasteiger partial charge on any atom is 0.573 e. The van der Waals surface area contributed by atoms with Crippen LogP contribution >= 0.6 is 11.3 Å². The minimum Gasteiger partial charge on any atom is -0.406 e. The molecule has 2 amide bonds. The number of carbonyl (C=O) groups is 2. The van der Waals surface area contributed by atoms with E-state index in [-0.39, 0.29) is 28.6 Å². The van der Waals surface area contributed by atoms with Crippen LogP contribution in [-0.2, 0) is 30.7 Å². The van der Waals surface area contributed by atoms with E-state index in [2.05, 4.69) is 30.6 Å². The van der Waals surface area contributed by atoms with Crippen molar-refractivity contribution < 1.29 is 27.5 Å². The zero-order valence-corrected chi connectivity index (χ0v) is 23.3. The Morgan fingerprint density at radius 1 is 1.05 bits per heavy atom. The summed E-state index contributed by atoms with van der Waals surface area (Å²) >= 11 is 1.22. The molecule has 10 nitrogen and oxygen atoms in total. The molecule has 2 N–H and O–H groups in total. The number of alkyl halides is 3. The fraction of sp³-hybridized carbons (Fsp3) is 0.286. The van der Waals surface area contributed by atoms with E-state index in [1.54, 1.807) is 18.5 Å². The number of halogens is 3. The van der Waals surface area contributed by atoms with Crippen molar-refractivity contribution in [2.24, 2.45) is 0 Å². The van der Waals surface area contributed by atoms with Crippen LogP contribution in [-0.4, -0.2) is 37.9 Å². The van der Waals surface area contributed by atoms with Crippen molar-refractivity contribution in [3.05, 3.63) is 98.1 Å². The molecule has 4 rings (SSSR count). The second kappa shape index (κ2) is 13.9. The van der Waals surface area contributed by atoms with Crippen molar-refractivity contribution >= 4 is 28.8 Å². The van der Waals surface area contributed by atoms with E-state index in [1.165, 1.54) is 34.1 Å². The lowest BCUT2D eigenvalue weighted by Crippen LogP contribution is -2.22. The standard InChI is InChI=1S/C28H27F3N6O4S/c1-18-8-9-20(16-32-18)17-33-26(40)27-36-35-24(42-27)7-2-3-11-37-12-10-21(15-25(37)39)34-23(38)14-19-5-4-6-22(13-19)41-28(29,30)31/h4-6,8-10,12-13,15-16H,2-3,7,11,14,17H2,1H3,(H,33,40)(H,34,38). The Hall–Kier alpha value is -4.59. The number of carbonyl (C=O) groups excluding carboxylic acids is 2. The van der Waals surface area contributed by atoms with Crippen molar-refractivity contribution in [2.75, 3.05) is 5.32 Å². The molecule has 0 unspecified atom stereocenters. The van der Waals surface area contributed by atoms with Gasteiger partial charge >= 0.3 is 6.36 Å². The fourth-order valence-corrected chi connectivity index (χ4v) is 4.68. The topological polar surface area (TPSA) is 128 Å². The summed E-state index contributed by atoms with van der Waals surface area (Å²) in [7, 11) is 0. The zero-order chi connectivity index (χ0) is 30.1. The van der Waals surface area contributed by atoms with Crippen LogP contribution in [0.25, 0.3) is 0 Å². The Labute approximate surface area is 242 Å². The number of pyridine rings is 2. The summed E-state index contributed by atoms with van der Waals surface area (Å²) in [6.45, 7) is 2.67. The summed E-state index contributed by atoms with van der Waals surface area (Å²) in [6.07, 6.45) is 0.233. The van der Waals surface area contributed by atoms with Gasteiger partial charge in [0.2, 0.25) is 10.9 Å². The number of rotatable bonds is 12. The van der Waals surface area contributed by atoms with E-state index >= 15 is 0 Å². The highest BCUT2D eigenvalue weighted by Crippen LogP contribution is 2.23. The molecule has 4 aromatic rings. The lowest BCUT2D eigenvalue weighted by Gasteiger charge is -2.11. The van der Waals surface area contributed by atoms with Crippen LogP contribution in [0.1, 0.15) is 44.5 Å². The van der Waals surface area contributed by atoms with Gasteiger partial charge in [-0.1, -0.05) is 29.5 Å². The molecule has 0 saturated heterocycles. The third-order valence-corrected chi connectivity index (χ3v) is 6.88. The third-order valence-electron chi connectivity index (χ3n) is 5.90. The average Bonchev–Trinajstić information content (AvgIpc) is 3.40. The second-order valence-electron chi connectivity index (χ2n) is 9.32. The molecule has 0 fully saturated rings. The molecule has 1 aromatic carbocycles. The van der Waals surface area contributed by atoms with Gasteiger partial charge in [-0.3, -0.25) is 19.4 Å². The summed E-state index contributed by atoms with van der Waals surface area (Å²) in [4.78, 5) is 41.4. The molecule has 3 heterocycles. The van der Waals surface area contributed by atoms with Gasteiger partial charge in [0.05, 0.1) is 6.42 Å². The number of nitrogens with zero attached hydrogens (tertiary/aromatic N) is 4. The molecule has 0 saturated carbocycles. The molecule has 220 valence electrons. The summed E-state index contributed by atoms with van der Waals surface area (Å²) < 4.78 is 42.6. The van der Waals surface area contributed by atoms with Crippen LogP contribution in [0.4, 0.5) is 18.9 Å². The molecule has 0 bridgehead atoms. The molecule has 0 atom stereocenters. The number of hydrogen-bond acceptors (Lipinski definition) is 8. The number of unbranched alkanes of at least 4 members (excludes halogenated alkanes) is 1. The van der Waals surface area contributed by atoms with E-state index in [4.69, 9.17) is 0 Å². The van der Waals surface area contributed by atoms with Crippen LogP contribution in [0.5, 0.6) is 5.75 Å². The van der Waals surface area contributed by atoms with Gasteiger partial charge in [0, 0.05) is 49.4 Å². The Kier molecular flexibility index (Phi) is 10.0. The molecule has 0 radical (unpaired) electrons. The lowest BCUT2D eigenvalue weighted by molar-refractivity contribution is -0.274. The second-order valence-corrected chi connectivity index (χ2v) is 10.4. The van der Waals surface area contributed by atoms with Crippen molar-refractivity contribution in [2.45, 2.75) is 52.1 Å². The third kappa shape index (κ3) is 9.51. The van der Waals surface area contributed by atoms with Gasteiger partial charge in [-0.05, 0) is 55.2 Å².